The minimum Gasteiger partial charge on any atom is -0.443 e. The summed E-state index contributed by atoms with van der Waals surface area (Å²) in [4.78, 5) is 11.3. The van der Waals surface area contributed by atoms with E-state index in [1.165, 1.54) is 13.8 Å². The minimum absolute atomic E-state index is 0.218. The number of carbonyl (C=O) groups excluding carboxylic acids is 1. The molecule has 0 bridgehead atoms. The molecule has 0 amide bonds. The maximum Gasteiger partial charge on any atom is 0.334 e. The fraction of sp³-hybridized carbons (Fsp3) is 0.750. The van der Waals surface area contributed by atoms with Crippen molar-refractivity contribution in [1.29, 1.82) is 0 Å². The Morgan fingerprint density at radius 3 is 2.29 bits per heavy atom. The van der Waals surface area contributed by atoms with Crippen LogP contribution in [0.25, 0.3) is 0 Å². The van der Waals surface area contributed by atoms with Crippen molar-refractivity contribution in [2.24, 2.45) is 0 Å². The van der Waals surface area contributed by atoms with Gasteiger partial charge in [-0.05, 0) is 26.7 Å². The Bertz CT molecular complexity index is 391. The van der Waals surface area contributed by atoms with Crippen molar-refractivity contribution < 1.29 is 17.9 Å². The molecule has 5 heteroatoms. The van der Waals surface area contributed by atoms with Gasteiger partial charge in [0, 0.05) is 5.57 Å². The molecule has 0 aromatic carbocycles. The van der Waals surface area contributed by atoms with Crippen molar-refractivity contribution in [3.05, 3.63) is 12.2 Å². The fourth-order valence-corrected chi connectivity index (χ4v) is 3.74. The van der Waals surface area contributed by atoms with E-state index in [0.717, 1.165) is 19.3 Å². The molecule has 0 saturated heterocycles. The molecule has 0 aromatic heterocycles. The van der Waals surface area contributed by atoms with Crippen LogP contribution in [0.1, 0.15) is 46.0 Å². The van der Waals surface area contributed by atoms with Crippen LogP contribution in [0.15, 0.2) is 12.2 Å². The third-order valence-electron chi connectivity index (χ3n) is 3.10. The highest BCUT2D eigenvalue weighted by atomic mass is 32.2. The molecule has 0 radical (unpaired) electrons. The summed E-state index contributed by atoms with van der Waals surface area (Å²) in [6, 6.07) is 0. The first-order valence-corrected chi connectivity index (χ1v) is 7.56. The lowest BCUT2D eigenvalue weighted by Gasteiger charge is -2.25. The van der Waals surface area contributed by atoms with Gasteiger partial charge >= 0.3 is 5.97 Å². The van der Waals surface area contributed by atoms with Crippen molar-refractivity contribution >= 4 is 15.8 Å². The number of sulfone groups is 1. The quantitative estimate of drug-likeness (QED) is 0.574. The molecule has 98 valence electrons. The molecule has 17 heavy (non-hydrogen) atoms. The highest BCUT2D eigenvalue weighted by Crippen LogP contribution is 2.26. The van der Waals surface area contributed by atoms with Crippen LogP contribution in [0, 0.1) is 0 Å². The molecule has 1 saturated carbocycles. The number of hydrogen-bond donors (Lipinski definition) is 0. The molecule has 1 unspecified atom stereocenters. The predicted octanol–water partition coefficient (Wildman–Crippen LogP) is 2.20. The minimum atomic E-state index is -3.37. The molecule has 0 aromatic rings. The average molecular weight is 260 g/mol. The van der Waals surface area contributed by atoms with Crippen LogP contribution >= 0.6 is 0 Å². The van der Waals surface area contributed by atoms with Crippen LogP contribution in [-0.2, 0) is 19.4 Å². The van der Waals surface area contributed by atoms with E-state index in [9.17, 15) is 13.2 Å². The molecule has 1 rings (SSSR count). The Morgan fingerprint density at radius 2 is 1.82 bits per heavy atom. The highest BCUT2D eigenvalue weighted by Gasteiger charge is 2.34. The summed E-state index contributed by atoms with van der Waals surface area (Å²) < 4.78 is 29.2. The van der Waals surface area contributed by atoms with Crippen LogP contribution in [-0.4, -0.2) is 25.1 Å². The molecule has 1 atom stereocenters. The maximum absolute atomic E-state index is 12.1. The number of carbonyl (C=O) groups is 1. The molecule has 1 fully saturated rings. The van der Waals surface area contributed by atoms with E-state index in [-0.39, 0.29) is 10.8 Å². The normalized spacial score (nSPS) is 19.6. The van der Waals surface area contributed by atoms with Gasteiger partial charge in [-0.25, -0.2) is 13.2 Å². The SMILES string of the molecule is C=C(C)C(=O)OC(C)S(=O)(=O)C1CCCCC1. The van der Waals surface area contributed by atoms with Gasteiger partial charge in [-0.15, -0.1) is 0 Å². The second kappa shape index (κ2) is 5.67. The number of esters is 1. The zero-order chi connectivity index (χ0) is 13.1. The Hall–Kier alpha value is -0.840. The largest absolute Gasteiger partial charge is 0.443 e. The Kier molecular flexibility index (Phi) is 4.74. The van der Waals surface area contributed by atoms with Gasteiger partial charge in [0.2, 0.25) is 0 Å². The lowest BCUT2D eigenvalue weighted by atomic mass is 10.0. The van der Waals surface area contributed by atoms with Gasteiger partial charge in [-0.3, -0.25) is 0 Å². The van der Waals surface area contributed by atoms with E-state index in [1.807, 2.05) is 0 Å². The molecule has 0 spiro atoms. The lowest BCUT2D eigenvalue weighted by molar-refractivity contribution is -0.140. The number of ether oxygens (including phenoxy) is 1. The van der Waals surface area contributed by atoms with Crippen LogP contribution in [0.4, 0.5) is 0 Å². The zero-order valence-corrected chi connectivity index (χ0v) is 11.3. The van der Waals surface area contributed by atoms with E-state index in [1.54, 1.807) is 0 Å². The molecule has 1 aliphatic rings. The Balaban J connectivity index is 2.69. The Morgan fingerprint density at radius 1 is 1.29 bits per heavy atom. The predicted molar refractivity (Wildman–Crippen MR) is 66.2 cm³/mol. The molecule has 0 aliphatic heterocycles. The smallest absolute Gasteiger partial charge is 0.334 e. The van der Waals surface area contributed by atoms with E-state index in [0.29, 0.717) is 12.8 Å². The monoisotopic (exact) mass is 260 g/mol. The van der Waals surface area contributed by atoms with Crippen molar-refractivity contribution in [2.75, 3.05) is 0 Å². The summed E-state index contributed by atoms with van der Waals surface area (Å²) in [6.45, 7) is 6.36. The van der Waals surface area contributed by atoms with Gasteiger partial charge in [0.05, 0.1) is 5.25 Å². The highest BCUT2D eigenvalue weighted by molar-refractivity contribution is 7.92. The third kappa shape index (κ3) is 3.56. The van der Waals surface area contributed by atoms with Gasteiger partial charge in [0.1, 0.15) is 0 Å². The van der Waals surface area contributed by atoms with Gasteiger partial charge in [-0.1, -0.05) is 25.8 Å². The van der Waals surface area contributed by atoms with E-state index in [2.05, 4.69) is 6.58 Å². The van der Waals surface area contributed by atoms with E-state index >= 15 is 0 Å². The first-order valence-electron chi connectivity index (χ1n) is 5.95. The van der Waals surface area contributed by atoms with Crippen molar-refractivity contribution in [2.45, 2.75) is 56.6 Å². The maximum atomic E-state index is 12.1. The molecule has 0 heterocycles. The van der Waals surface area contributed by atoms with Crippen LogP contribution in [0.2, 0.25) is 0 Å². The van der Waals surface area contributed by atoms with Gasteiger partial charge in [0.25, 0.3) is 0 Å². The number of hydrogen-bond acceptors (Lipinski definition) is 4. The summed E-state index contributed by atoms with van der Waals surface area (Å²) in [5.74, 6) is -0.642. The van der Waals surface area contributed by atoms with Crippen LogP contribution in [0.3, 0.4) is 0 Å². The first kappa shape index (κ1) is 14.2. The second-order valence-electron chi connectivity index (χ2n) is 4.60. The van der Waals surface area contributed by atoms with E-state index < -0.39 is 21.2 Å². The molecule has 4 nitrogen and oxygen atoms in total. The van der Waals surface area contributed by atoms with E-state index in [4.69, 9.17) is 4.74 Å². The van der Waals surface area contributed by atoms with Crippen molar-refractivity contribution in [3.8, 4) is 0 Å². The fourth-order valence-electron chi connectivity index (χ4n) is 1.98. The summed E-state index contributed by atoms with van der Waals surface area (Å²) in [6.07, 6.45) is 4.32. The lowest BCUT2D eigenvalue weighted by Crippen LogP contribution is -2.34. The average Bonchev–Trinajstić information content (AvgIpc) is 2.29. The van der Waals surface area contributed by atoms with Crippen molar-refractivity contribution in [3.63, 3.8) is 0 Å². The second-order valence-corrected chi connectivity index (χ2v) is 7.11. The summed E-state index contributed by atoms with van der Waals surface area (Å²) in [7, 11) is -3.37. The molecular formula is C12H20O4S. The molecule has 0 N–H and O–H groups in total. The van der Waals surface area contributed by atoms with Crippen LogP contribution < -0.4 is 0 Å². The van der Waals surface area contributed by atoms with Gasteiger partial charge in [0.15, 0.2) is 15.3 Å². The standard InChI is InChI=1S/C12H20O4S/c1-9(2)12(13)16-10(3)17(14,15)11-7-5-4-6-8-11/h10-11H,1,4-8H2,2-3H3. The zero-order valence-electron chi connectivity index (χ0n) is 10.4. The van der Waals surface area contributed by atoms with Crippen molar-refractivity contribution in [1.82, 2.24) is 0 Å². The molecule has 1 aliphatic carbocycles. The Labute approximate surface area is 103 Å². The number of rotatable bonds is 4. The summed E-state index contributed by atoms with van der Waals surface area (Å²) in [5.41, 5.74) is -0.856. The van der Waals surface area contributed by atoms with Gasteiger partial charge < -0.3 is 4.74 Å². The summed E-state index contributed by atoms with van der Waals surface area (Å²) in [5, 5.41) is -0.357. The molecular weight excluding hydrogens is 240 g/mol. The van der Waals surface area contributed by atoms with Gasteiger partial charge in [-0.2, -0.15) is 0 Å². The topological polar surface area (TPSA) is 60.4 Å². The summed E-state index contributed by atoms with van der Waals surface area (Å²) >= 11 is 0. The van der Waals surface area contributed by atoms with Crippen LogP contribution in [0.5, 0.6) is 0 Å². The first-order chi connectivity index (χ1) is 7.85. The third-order valence-corrected chi connectivity index (χ3v) is 5.52.